The van der Waals surface area contributed by atoms with Crippen molar-refractivity contribution in [2.45, 2.75) is 6.42 Å². The van der Waals surface area contributed by atoms with Gasteiger partial charge in [0.05, 0.1) is 0 Å². The third-order valence-electron chi connectivity index (χ3n) is 2.08. The molecule has 16 heavy (non-hydrogen) atoms. The molecule has 0 aliphatic carbocycles. The lowest BCUT2D eigenvalue weighted by molar-refractivity contribution is -0.117. The van der Waals surface area contributed by atoms with Crippen LogP contribution in [0.1, 0.15) is 12.0 Å². The predicted molar refractivity (Wildman–Crippen MR) is 56.8 cm³/mol. The number of nitrogens with two attached hydrogens (primary N) is 1. The van der Waals surface area contributed by atoms with Crippen LogP contribution in [0.3, 0.4) is 0 Å². The lowest BCUT2D eigenvalue weighted by atomic mass is 10.0. The molecule has 1 amide bonds. The molecule has 2 rings (SSSR count). The van der Waals surface area contributed by atoms with E-state index >= 15 is 0 Å². The quantitative estimate of drug-likeness (QED) is 0.767. The minimum Gasteiger partial charge on any atom is -0.370 e. The molecule has 0 saturated heterocycles. The first kappa shape index (κ1) is 10.3. The van der Waals surface area contributed by atoms with Crippen LogP contribution in [-0.4, -0.2) is 26.5 Å². The summed E-state index contributed by atoms with van der Waals surface area (Å²) in [6.07, 6.45) is 1.94. The molecule has 1 heterocycles. The number of amides is 1. The second kappa shape index (κ2) is 4.52. The molecule has 1 aromatic carbocycles. The Labute approximate surface area is 91.9 Å². The molecule has 0 spiro atoms. The SMILES string of the molecule is NC(=O)C[CH]c1ccccc1-c1nnn[nH]1. The van der Waals surface area contributed by atoms with Gasteiger partial charge in [0.2, 0.25) is 5.91 Å². The number of rotatable bonds is 4. The van der Waals surface area contributed by atoms with Gasteiger partial charge in [0.1, 0.15) is 0 Å². The molecule has 0 bridgehead atoms. The van der Waals surface area contributed by atoms with Gasteiger partial charge in [-0.3, -0.25) is 4.79 Å². The fraction of sp³-hybridized carbons (Fsp3) is 0.100. The van der Waals surface area contributed by atoms with Crippen LogP contribution in [0, 0.1) is 6.42 Å². The van der Waals surface area contributed by atoms with E-state index in [1.165, 1.54) is 0 Å². The van der Waals surface area contributed by atoms with E-state index in [0.717, 1.165) is 11.1 Å². The van der Waals surface area contributed by atoms with Crippen LogP contribution < -0.4 is 5.73 Å². The summed E-state index contributed by atoms with van der Waals surface area (Å²) in [7, 11) is 0. The van der Waals surface area contributed by atoms with E-state index < -0.39 is 0 Å². The standard InChI is InChI=1S/C10H10N5O/c11-9(16)6-5-7-3-1-2-4-8(7)10-12-14-15-13-10/h1-5H,6H2,(H2,11,16)(H,12,13,14,15). The number of aromatic amines is 1. The Kier molecular flexibility index (Phi) is 2.90. The summed E-state index contributed by atoms with van der Waals surface area (Å²) in [5.41, 5.74) is 6.81. The maximum absolute atomic E-state index is 10.7. The highest BCUT2D eigenvalue weighted by atomic mass is 16.1. The van der Waals surface area contributed by atoms with E-state index in [2.05, 4.69) is 20.6 Å². The molecule has 0 fully saturated rings. The summed E-state index contributed by atoms with van der Waals surface area (Å²) >= 11 is 0. The van der Waals surface area contributed by atoms with Gasteiger partial charge in [0.25, 0.3) is 0 Å². The zero-order chi connectivity index (χ0) is 11.4. The number of H-pyrrole nitrogens is 1. The summed E-state index contributed by atoms with van der Waals surface area (Å²) in [5, 5.41) is 13.5. The van der Waals surface area contributed by atoms with Crippen molar-refractivity contribution in [1.29, 1.82) is 0 Å². The van der Waals surface area contributed by atoms with Crippen molar-refractivity contribution in [3.05, 3.63) is 36.2 Å². The highest BCUT2D eigenvalue weighted by Crippen LogP contribution is 2.21. The molecule has 1 radical (unpaired) electrons. The largest absolute Gasteiger partial charge is 0.370 e. The van der Waals surface area contributed by atoms with Crippen molar-refractivity contribution < 1.29 is 4.79 Å². The smallest absolute Gasteiger partial charge is 0.218 e. The zero-order valence-corrected chi connectivity index (χ0v) is 8.42. The van der Waals surface area contributed by atoms with Crippen LogP contribution in [0.2, 0.25) is 0 Å². The fourth-order valence-corrected chi connectivity index (χ4v) is 1.37. The Morgan fingerprint density at radius 1 is 1.44 bits per heavy atom. The molecule has 6 nitrogen and oxygen atoms in total. The Hall–Kier alpha value is -2.24. The van der Waals surface area contributed by atoms with Gasteiger partial charge in [-0.25, -0.2) is 5.10 Å². The highest BCUT2D eigenvalue weighted by Gasteiger charge is 2.08. The lowest BCUT2D eigenvalue weighted by Gasteiger charge is -2.04. The summed E-state index contributed by atoms with van der Waals surface area (Å²) < 4.78 is 0. The number of carbonyl (C=O) groups is 1. The van der Waals surface area contributed by atoms with Crippen LogP contribution in [0.4, 0.5) is 0 Å². The average molecular weight is 216 g/mol. The number of aromatic nitrogens is 4. The first-order valence-corrected chi connectivity index (χ1v) is 4.72. The van der Waals surface area contributed by atoms with Crippen molar-refractivity contribution in [2.75, 3.05) is 0 Å². The van der Waals surface area contributed by atoms with Gasteiger partial charge in [-0.05, 0) is 16.0 Å². The maximum Gasteiger partial charge on any atom is 0.218 e. The van der Waals surface area contributed by atoms with Crippen molar-refractivity contribution in [2.24, 2.45) is 5.73 Å². The molecule has 2 aromatic rings. The lowest BCUT2D eigenvalue weighted by Crippen LogP contribution is -2.10. The van der Waals surface area contributed by atoms with Crippen molar-refractivity contribution in [3.8, 4) is 11.4 Å². The number of hydrogen-bond acceptors (Lipinski definition) is 4. The van der Waals surface area contributed by atoms with E-state index in [1.54, 1.807) is 6.42 Å². The van der Waals surface area contributed by atoms with Crippen molar-refractivity contribution in [1.82, 2.24) is 20.6 Å². The van der Waals surface area contributed by atoms with E-state index in [4.69, 9.17) is 5.73 Å². The van der Waals surface area contributed by atoms with Crippen LogP contribution in [-0.2, 0) is 4.79 Å². The first-order chi connectivity index (χ1) is 7.77. The molecule has 6 heteroatoms. The monoisotopic (exact) mass is 216 g/mol. The third-order valence-corrected chi connectivity index (χ3v) is 2.08. The van der Waals surface area contributed by atoms with E-state index in [9.17, 15) is 4.79 Å². The van der Waals surface area contributed by atoms with Gasteiger partial charge in [0.15, 0.2) is 5.82 Å². The number of primary amides is 1. The summed E-state index contributed by atoms with van der Waals surface area (Å²) in [6, 6.07) is 7.50. The van der Waals surface area contributed by atoms with Crippen LogP contribution in [0.15, 0.2) is 24.3 Å². The molecule has 1 aromatic heterocycles. The van der Waals surface area contributed by atoms with Gasteiger partial charge >= 0.3 is 0 Å². The highest BCUT2D eigenvalue weighted by molar-refractivity contribution is 5.76. The molecule has 81 valence electrons. The summed E-state index contributed by atoms with van der Waals surface area (Å²) in [5.74, 6) is 0.196. The van der Waals surface area contributed by atoms with Gasteiger partial charge in [-0.15, -0.1) is 5.10 Å². The summed E-state index contributed by atoms with van der Waals surface area (Å²) in [6.45, 7) is 0. The maximum atomic E-state index is 10.7. The Morgan fingerprint density at radius 3 is 2.94 bits per heavy atom. The van der Waals surface area contributed by atoms with Crippen LogP contribution >= 0.6 is 0 Å². The zero-order valence-electron chi connectivity index (χ0n) is 8.42. The number of hydrogen-bond donors (Lipinski definition) is 2. The van der Waals surface area contributed by atoms with E-state index in [-0.39, 0.29) is 12.3 Å². The minimum absolute atomic E-state index is 0.193. The second-order valence-corrected chi connectivity index (χ2v) is 3.21. The van der Waals surface area contributed by atoms with Gasteiger partial charge in [0, 0.05) is 18.4 Å². The summed E-state index contributed by atoms with van der Waals surface area (Å²) in [4.78, 5) is 10.7. The molecule has 0 aliphatic rings. The first-order valence-electron chi connectivity index (χ1n) is 4.72. The van der Waals surface area contributed by atoms with E-state index in [1.807, 2.05) is 24.3 Å². The number of nitrogens with zero attached hydrogens (tertiary/aromatic N) is 3. The fourth-order valence-electron chi connectivity index (χ4n) is 1.37. The Bertz CT molecular complexity index is 480. The molecule has 0 unspecified atom stereocenters. The van der Waals surface area contributed by atoms with Crippen LogP contribution in [0.25, 0.3) is 11.4 Å². The van der Waals surface area contributed by atoms with Crippen molar-refractivity contribution in [3.63, 3.8) is 0 Å². The predicted octanol–water partition coefficient (Wildman–Crippen LogP) is 0.294. The van der Waals surface area contributed by atoms with Crippen molar-refractivity contribution >= 4 is 5.91 Å². The average Bonchev–Trinajstić information content (AvgIpc) is 2.80. The minimum atomic E-state index is -0.370. The Balaban J connectivity index is 2.27. The number of nitrogens with one attached hydrogen (secondary N) is 1. The van der Waals surface area contributed by atoms with Crippen LogP contribution in [0.5, 0.6) is 0 Å². The molecule has 0 aliphatic heterocycles. The third kappa shape index (κ3) is 2.22. The normalized spacial score (nSPS) is 10.2. The number of carbonyl (C=O) groups excluding carboxylic acids is 1. The van der Waals surface area contributed by atoms with Gasteiger partial charge in [-0.2, -0.15) is 0 Å². The number of tetrazole rings is 1. The second-order valence-electron chi connectivity index (χ2n) is 3.21. The number of benzene rings is 1. The Morgan fingerprint density at radius 2 is 2.25 bits per heavy atom. The molecular formula is C10H10N5O. The van der Waals surface area contributed by atoms with Gasteiger partial charge < -0.3 is 5.73 Å². The van der Waals surface area contributed by atoms with Gasteiger partial charge in [-0.1, -0.05) is 24.3 Å². The molecule has 0 saturated carbocycles. The van der Waals surface area contributed by atoms with E-state index in [0.29, 0.717) is 5.82 Å². The molecule has 0 atom stereocenters. The molecular weight excluding hydrogens is 206 g/mol. The topological polar surface area (TPSA) is 97.6 Å². The molecule has 3 N–H and O–H groups in total.